The SMILES string of the molecule is C=CCN=C(N)SCc1nc2cc(Cl)ccc2c(=O)[nH]1. The summed E-state index contributed by atoms with van der Waals surface area (Å²) in [5.41, 5.74) is 6.08. The summed E-state index contributed by atoms with van der Waals surface area (Å²) in [6, 6.07) is 4.98. The molecule has 2 rings (SSSR count). The third-order valence-electron chi connectivity index (χ3n) is 2.45. The maximum absolute atomic E-state index is 11.9. The highest BCUT2D eigenvalue weighted by atomic mass is 35.5. The van der Waals surface area contributed by atoms with Crippen molar-refractivity contribution in [1.29, 1.82) is 0 Å². The Morgan fingerprint density at radius 3 is 3.15 bits per heavy atom. The van der Waals surface area contributed by atoms with Gasteiger partial charge in [0.25, 0.3) is 5.56 Å². The van der Waals surface area contributed by atoms with Gasteiger partial charge in [0.05, 0.1) is 23.2 Å². The number of halogens is 1. The third kappa shape index (κ3) is 3.61. The molecular weight excluding hydrogens is 296 g/mol. The van der Waals surface area contributed by atoms with Gasteiger partial charge in [-0.3, -0.25) is 9.79 Å². The fourth-order valence-electron chi connectivity index (χ4n) is 1.57. The summed E-state index contributed by atoms with van der Waals surface area (Å²) in [6.45, 7) is 4.03. The van der Waals surface area contributed by atoms with Crippen LogP contribution in [0, 0.1) is 0 Å². The molecule has 0 spiro atoms. The first-order chi connectivity index (χ1) is 9.60. The molecule has 0 saturated heterocycles. The number of aliphatic imine (C=N–C) groups is 1. The van der Waals surface area contributed by atoms with E-state index in [9.17, 15) is 4.79 Å². The molecule has 104 valence electrons. The zero-order chi connectivity index (χ0) is 14.5. The van der Waals surface area contributed by atoms with Crippen molar-refractivity contribution in [3.63, 3.8) is 0 Å². The maximum Gasteiger partial charge on any atom is 0.258 e. The topological polar surface area (TPSA) is 84.1 Å². The molecule has 0 aliphatic rings. The van der Waals surface area contributed by atoms with Crippen LogP contribution in [0.15, 0.2) is 40.6 Å². The van der Waals surface area contributed by atoms with Crippen LogP contribution >= 0.6 is 23.4 Å². The van der Waals surface area contributed by atoms with Crippen molar-refractivity contribution in [3.05, 3.63) is 52.1 Å². The van der Waals surface area contributed by atoms with Gasteiger partial charge in [-0.1, -0.05) is 29.4 Å². The number of fused-ring (bicyclic) bond motifs is 1. The van der Waals surface area contributed by atoms with Crippen LogP contribution in [0.1, 0.15) is 5.82 Å². The van der Waals surface area contributed by atoms with Gasteiger partial charge in [0.15, 0.2) is 5.17 Å². The zero-order valence-electron chi connectivity index (χ0n) is 10.6. The molecule has 0 aliphatic carbocycles. The van der Waals surface area contributed by atoms with Crippen molar-refractivity contribution in [2.45, 2.75) is 5.75 Å². The zero-order valence-corrected chi connectivity index (χ0v) is 12.2. The summed E-state index contributed by atoms with van der Waals surface area (Å²) in [6.07, 6.45) is 1.66. The third-order valence-corrected chi connectivity index (χ3v) is 3.53. The number of H-pyrrole nitrogens is 1. The minimum absolute atomic E-state index is 0.191. The molecule has 7 heteroatoms. The molecule has 0 saturated carbocycles. The lowest BCUT2D eigenvalue weighted by atomic mass is 10.2. The average molecular weight is 309 g/mol. The first kappa shape index (κ1) is 14.6. The second-order valence-corrected chi connectivity index (χ2v) is 5.36. The standard InChI is InChI=1S/C13H13ClN4OS/c1-2-5-16-13(15)20-7-11-17-10-6-8(14)3-4-9(10)12(19)18-11/h2-4,6H,1,5,7H2,(H2,15,16)(H,17,18,19). The predicted molar refractivity (Wildman–Crippen MR) is 85.4 cm³/mol. The van der Waals surface area contributed by atoms with Crippen LogP contribution in [0.2, 0.25) is 5.02 Å². The number of thioether (sulfide) groups is 1. The minimum Gasteiger partial charge on any atom is -0.379 e. The number of benzene rings is 1. The second kappa shape index (κ2) is 6.58. The van der Waals surface area contributed by atoms with Crippen molar-refractivity contribution < 1.29 is 0 Å². The van der Waals surface area contributed by atoms with Crippen molar-refractivity contribution >= 4 is 39.4 Å². The molecule has 5 nitrogen and oxygen atoms in total. The summed E-state index contributed by atoms with van der Waals surface area (Å²) in [5, 5.41) is 1.48. The lowest BCUT2D eigenvalue weighted by Crippen LogP contribution is -2.13. The van der Waals surface area contributed by atoms with Crippen molar-refractivity contribution in [2.75, 3.05) is 6.54 Å². The molecule has 0 unspecified atom stereocenters. The molecule has 0 amide bonds. The van der Waals surface area contributed by atoms with E-state index < -0.39 is 0 Å². The number of aromatic nitrogens is 2. The Hall–Kier alpha value is -1.79. The van der Waals surface area contributed by atoms with Gasteiger partial charge in [0.1, 0.15) is 5.82 Å². The largest absolute Gasteiger partial charge is 0.379 e. The first-order valence-corrected chi connectivity index (χ1v) is 7.18. The number of hydrogen-bond donors (Lipinski definition) is 2. The van der Waals surface area contributed by atoms with Gasteiger partial charge in [0.2, 0.25) is 0 Å². The fourth-order valence-corrected chi connectivity index (χ4v) is 2.33. The van der Waals surface area contributed by atoms with Crippen molar-refractivity contribution in [3.8, 4) is 0 Å². The quantitative estimate of drug-likeness (QED) is 0.516. The molecule has 1 heterocycles. The number of nitrogens with two attached hydrogens (primary N) is 1. The van der Waals surface area contributed by atoms with Gasteiger partial charge >= 0.3 is 0 Å². The number of amidine groups is 1. The van der Waals surface area contributed by atoms with E-state index in [1.54, 1.807) is 24.3 Å². The summed E-state index contributed by atoms with van der Waals surface area (Å²) >= 11 is 7.21. The van der Waals surface area contributed by atoms with Crippen LogP contribution in [-0.2, 0) is 5.75 Å². The average Bonchev–Trinajstić information content (AvgIpc) is 2.42. The summed E-state index contributed by atoms with van der Waals surface area (Å²) in [5.74, 6) is 0.969. The Balaban J connectivity index is 2.23. The van der Waals surface area contributed by atoms with Crippen LogP contribution < -0.4 is 11.3 Å². The van der Waals surface area contributed by atoms with Crippen LogP contribution in [0.3, 0.4) is 0 Å². The Morgan fingerprint density at radius 2 is 2.40 bits per heavy atom. The second-order valence-electron chi connectivity index (χ2n) is 3.93. The van der Waals surface area contributed by atoms with E-state index >= 15 is 0 Å². The van der Waals surface area contributed by atoms with Crippen LogP contribution in [0.4, 0.5) is 0 Å². The van der Waals surface area contributed by atoms with E-state index in [2.05, 4.69) is 21.5 Å². The number of hydrogen-bond acceptors (Lipinski definition) is 4. The summed E-state index contributed by atoms with van der Waals surface area (Å²) in [7, 11) is 0. The lowest BCUT2D eigenvalue weighted by Gasteiger charge is -2.03. The summed E-state index contributed by atoms with van der Waals surface area (Å²) in [4.78, 5) is 23.0. The van der Waals surface area contributed by atoms with E-state index in [0.717, 1.165) is 0 Å². The summed E-state index contributed by atoms with van der Waals surface area (Å²) < 4.78 is 0. The monoisotopic (exact) mass is 308 g/mol. The maximum atomic E-state index is 11.9. The lowest BCUT2D eigenvalue weighted by molar-refractivity contribution is 1.04. The molecule has 0 radical (unpaired) electrons. The van der Waals surface area contributed by atoms with Crippen molar-refractivity contribution in [1.82, 2.24) is 9.97 Å². The molecule has 0 aliphatic heterocycles. The molecule has 0 fully saturated rings. The Kier molecular flexibility index (Phi) is 4.81. The Morgan fingerprint density at radius 1 is 1.60 bits per heavy atom. The van der Waals surface area contributed by atoms with Gasteiger partial charge in [-0.2, -0.15) is 0 Å². The van der Waals surface area contributed by atoms with Gasteiger partial charge in [-0.25, -0.2) is 4.98 Å². The predicted octanol–water partition coefficient (Wildman–Crippen LogP) is 2.31. The number of rotatable bonds is 4. The normalized spacial score (nSPS) is 11.8. The fraction of sp³-hybridized carbons (Fsp3) is 0.154. The number of aromatic amines is 1. The highest BCUT2D eigenvalue weighted by molar-refractivity contribution is 8.13. The molecule has 1 aromatic carbocycles. The first-order valence-electron chi connectivity index (χ1n) is 5.82. The van der Waals surface area contributed by atoms with E-state index in [0.29, 0.717) is 39.2 Å². The van der Waals surface area contributed by atoms with E-state index in [-0.39, 0.29) is 5.56 Å². The minimum atomic E-state index is -0.191. The Bertz CT molecular complexity index is 726. The van der Waals surface area contributed by atoms with Crippen molar-refractivity contribution in [2.24, 2.45) is 10.7 Å². The molecule has 20 heavy (non-hydrogen) atoms. The molecule has 3 N–H and O–H groups in total. The Labute approximate surface area is 125 Å². The van der Waals surface area contributed by atoms with E-state index in [1.165, 1.54) is 11.8 Å². The van der Waals surface area contributed by atoms with E-state index in [1.807, 2.05) is 0 Å². The van der Waals surface area contributed by atoms with Gasteiger partial charge < -0.3 is 10.7 Å². The van der Waals surface area contributed by atoms with Crippen LogP contribution in [0.25, 0.3) is 10.9 Å². The van der Waals surface area contributed by atoms with Gasteiger partial charge in [-0.15, -0.1) is 6.58 Å². The van der Waals surface area contributed by atoms with E-state index in [4.69, 9.17) is 17.3 Å². The molecule has 0 atom stereocenters. The van der Waals surface area contributed by atoms with Crippen LogP contribution in [-0.4, -0.2) is 21.7 Å². The number of nitrogens with one attached hydrogen (secondary N) is 1. The van der Waals surface area contributed by atoms with Gasteiger partial charge in [0, 0.05) is 5.02 Å². The number of nitrogens with zero attached hydrogens (tertiary/aromatic N) is 2. The molecule has 1 aromatic heterocycles. The molecule has 0 bridgehead atoms. The highest BCUT2D eigenvalue weighted by Gasteiger charge is 2.05. The highest BCUT2D eigenvalue weighted by Crippen LogP contribution is 2.16. The smallest absolute Gasteiger partial charge is 0.258 e. The molecular formula is C13H13ClN4OS. The van der Waals surface area contributed by atoms with Gasteiger partial charge in [-0.05, 0) is 18.2 Å². The van der Waals surface area contributed by atoms with Crippen LogP contribution in [0.5, 0.6) is 0 Å². The molecule has 2 aromatic rings.